The molecule has 1 saturated heterocycles. The van der Waals surface area contributed by atoms with E-state index in [1.807, 2.05) is 0 Å². The van der Waals surface area contributed by atoms with Crippen LogP contribution in [0.25, 0.3) is 5.57 Å². The number of hydrogen-bond donors (Lipinski definition) is 1. The molecule has 2 aliphatic heterocycles. The van der Waals surface area contributed by atoms with Crippen molar-refractivity contribution in [3.63, 3.8) is 0 Å². The van der Waals surface area contributed by atoms with Crippen LogP contribution in [0.15, 0.2) is 69.9 Å². The molecule has 5 aliphatic rings. The predicted molar refractivity (Wildman–Crippen MR) is 238 cm³/mol. The van der Waals surface area contributed by atoms with E-state index in [0.29, 0.717) is 35.6 Å². The summed E-state index contributed by atoms with van der Waals surface area (Å²) in [6, 6.07) is 0.449. The molecule has 1 N–H and O–H groups in total. The Morgan fingerprint density at radius 1 is 0.946 bits per heavy atom. The molecule has 0 bridgehead atoms. The zero-order valence-electron chi connectivity index (χ0n) is 36.6. The molecule has 1 aromatic rings. The number of hydrogen-bond acceptors (Lipinski definition) is 5. The standard InChI is InChI=1S/C51H76N4O/c1-34-15-9-10-16-42(27-34)29-37(4)44-19-13-18-41(22-23-44)31-43-17-11-12-20-47-48(32-43)54-51(46-21-14-25-56-26-24-35(46)2)55-50(47)45-30-36(3)40(7)49(53-33-45)38(5)28-39(6)52-8/h9-11,16-17,27,30,33,35-39,41,43-44,46,52H,12-15,18-26,28-29,31-32H2,1-8H3. The number of allylic oxidation sites excluding steroid dienone is 12. The summed E-state index contributed by atoms with van der Waals surface area (Å²) in [5, 5.41) is 3.44. The number of nitrogens with one attached hydrogen (secondary N) is 1. The first-order valence-electron chi connectivity index (χ1n) is 22.9. The lowest BCUT2D eigenvalue weighted by molar-refractivity contribution is 0.0954. The van der Waals surface area contributed by atoms with E-state index in [1.54, 1.807) is 0 Å². The Balaban J connectivity index is 1.25. The van der Waals surface area contributed by atoms with E-state index in [-0.39, 0.29) is 0 Å². The molecule has 0 amide bonds. The first-order chi connectivity index (χ1) is 27.1. The quantitative estimate of drug-likeness (QED) is 0.180. The Hall–Kier alpha value is -2.89. The maximum atomic E-state index is 5.93. The molecule has 5 nitrogen and oxygen atoms in total. The lowest BCUT2D eigenvalue weighted by Gasteiger charge is -2.28. The summed E-state index contributed by atoms with van der Waals surface area (Å²) in [7, 11) is 2.06. The van der Waals surface area contributed by atoms with Crippen LogP contribution in [0.5, 0.6) is 0 Å². The summed E-state index contributed by atoms with van der Waals surface area (Å²) >= 11 is 0. The molecule has 2 fully saturated rings. The summed E-state index contributed by atoms with van der Waals surface area (Å²) in [5.74, 6) is 5.46. The number of nitrogens with zero attached hydrogens (tertiary/aromatic N) is 3. The minimum atomic E-state index is 0.297. The maximum Gasteiger partial charge on any atom is 0.132 e. The van der Waals surface area contributed by atoms with Gasteiger partial charge in [0.2, 0.25) is 0 Å². The third kappa shape index (κ3) is 11.4. The molecular weight excluding hydrogens is 685 g/mol. The second-order valence-electron chi connectivity index (χ2n) is 18.9. The van der Waals surface area contributed by atoms with Crippen molar-refractivity contribution >= 4 is 11.8 Å². The van der Waals surface area contributed by atoms with E-state index >= 15 is 0 Å². The monoisotopic (exact) mass is 761 g/mol. The number of fused-ring (bicyclic) bond motifs is 1. The lowest BCUT2D eigenvalue weighted by atomic mass is 9.81. The third-order valence-corrected chi connectivity index (χ3v) is 14.3. The van der Waals surface area contributed by atoms with Crippen LogP contribution in [0.3, 0.4) is 0 Å². The van der Waals surface area contributed by atoms with E-state index in [1.165, 1.54) is 84.2 Å². The molecule has 0 radical (unpaired) electrons. The maximum absolute atomic E-state index is 5.93. The molecule has 0 aromatic carbocycles. The molecule has 306 valence electrons. The molecule has 5 heteroatoms. The summed E-state index contributed by atoms with van der Waals surface area (Å²) < 4.78 is 5.93. The van der Waals surface area contributed by atoms with Gasteiger partial charge in [-0.1, -0.05) is 101 Å². The largest absolute Gasteiger partial charge is 0.381 e. The van der Waals surface area contributed by atoms with Crippen LogP contribution in [0.2, 0.25) is 0 Å². The Morgan fingerprint density at radius 3 is 2.64 bits per heavy atom. The Bertz CT molecular complexity index is 1690. The Labute approximate surface area is 341 Å². The molecular formula is C51H76N4O. The molecule has 3 heterocycles. The highest BCUT2D eigenvalue weighted by Gasteiger charge is 2.30. The van der Waals surface area contributed by atoms with Crippen molar-refractivity contribution in [3.05, 3.63) is 87.7 Å². The average Bonchev–Trinajstić information content (AvgIpc) is 3.58. The van der Waals surface area contributed by atoms with Gasteiger partial charge in [0.25, 0.3) is 0 Å². The Morgan fingerprint density at radius 2 is 1.80 bits per heavy atom. The van der Waals surface area contributed by atoms with Crippen LogP contribution in [0, 0.1) is 41.4 Å². The first kappa shape index (κ1) is 42.7. The van der Waals surface area contributed by atoms with Gasteiger partial charge in [0.1, 0.15) is 5.82 Å². The van der Waals surface area contributed by atoms with Crippen LogP contribution in [0.4, 0.5) is 0 Å². The van der Waals surface area contributed by atoms with Crippen molar-refractivity contribution in [2.24, 2.45) is 46.4 Å². The molecule has 6 rings (SSSR count). The average molecular weight is 761 g/mol. The third-order valence-electron chi connectivity index (χ3n) is 14.3. The van der Waals surface area contributed by atoms with Crippen molar-refractivity contribution in [2.45, 2.75) is 157 Å². The predicted octanol–water partition coefficient (Wildman–Crippen LogP) is 12.5. The van der Waals surface area contributed by atoms with Crippen molar-refractivity contribution < 1.29 is 4.74 Å². The first-order valence-corrected chi connectivity index (χ1v) is 22.9. The van der Waals surface area contributed by atoms with Gasteiger partial charge >= 0.3 is 0 Å². The van der Waals surface area contributed by atoms with Crippen LogP contribution < -0.4 is 5.32 Å². The minimum absolute atomic E-state index is 0.297. The molecule has 0 spiro atoms. The van der Waals surface area contributed by atoms with Gasteiger partial charge in [-0.15, -0.1) is 0 Å². The van der Waals surface area contributed by atoms with E-state index in [9.17, 15) is 0 Å². The van der Waals surface area contributed by atoms with Crippen LogP contribution in [-0.4, -0.2) is 42.5 Å². The smallest absolute Gasteiger partial charge is 0.132 e. The van der Waals surface area contributed by atoms with Crippen molar-refractivity contribution in [2.75, 3.05) is 20.3 Å². The van der Waals surface area contributed by atoms with Crippen molar-refractivity contribution in [3.8, 4) is 0 Å². The van der Waals surface area contributed by atoms with Crippen LogP contribution >= 0.6 is 0 Å². The van der Waals surface area contributed by atoms with Crippen LogP contribution in [0.1, 0.15) is 161 Å². The highest BCUT2D eigenvalue weighted by molar-refractivity contribution is 6.10. The fourth-order valence-electron chi connectivity index (χ4n) is 10.5. The molecule has 3 aliphatic carbocycles. The molecule has 9 unspecified atom stereocenters. The van der Waals surface area contributed by atoms with E-state index in [0.717, 1.165) is 93.9 Å². The highest BCUT2D eigenvalue weighted by Crippen LogP contribution is 2.40. The SMILES string of the molecule is CNC(C)CC(C)C1=C(C)C(C)C=C(c2nc(C3CCCOCCC3C)nc3c2CCC=CC(CC2CCCC(C(C)CC4=CC=CCC(C)=C4)CC2)C3)C=N1. The van der Waals surface area contributed by atoms with E-state index in [4.69, 9.17) is 19.7 Å². The number of rotatable bonds is 11. The van der Waals surface area contributed by atoms with Crippen LogP contribution in [-0.2, 0) is 17.6 Å². The molecule has 1 aromatic heterocycles. The highest BCUT2D eigenvalue weighted by atomic mass is 16.5. The zero-order chi connectivity index (χ0) is 39.6. The summed E-state index contributed by atoms with van der Waals surface area (Å²) in [6.45, 7) is 18.1. The van der Waals surface area contributed by atoms with Gasteiger partial charge in [-0.2, -0.15) is 0 Å². The van der Waals surface area contributed by atoms with Crippen molar-refractivity contribution in [1.82, 2.24) is 15.3 Å². The fourth-order valence-corrected chi connectivity index (χ4v) is 10.5. The van der Waals surface area contributed by atoms with Gasteiger partial charge in [-0.05, 0) is 151 Å². The Kier molecular flexibility index (Phi) is 15.8. The molecule has 1 saturated carbocycles. The van der Waals surface area contributed by atoms with Gasteiger partial charge in [0.15, 0.2) is 0 Å². The number of aromatic nitrogens is 2. The van der Waals surface area contributed by atoms with E-state index < -0.39 is 0 Å². The van der Waals surface area contributed by atoms with Gasteiger partial charge in [0.05, 0.1) is 5.69 Å². The normalized spacial score (nSPS) is 29.5. The van der Waals surface area contributed by atoms with Gasteiger partial charge < -0.3 is 10.1 Å². The number of ether oxygens (including phenoxy) is 1. The lowest BCUT2D eigenvalue weighted by Crippen LogP contribution is -2.24. The zero-order valence-corrected chi connectivity index (χ0v) is 36.6. The topological polar surface area (TPSA) is 59.4 Å². The summed E-state index contributed by atoms with van der Waals surface area (Å²) in [4.78, 5) is 16.5. The van der Waals surface area contributed by atoms with E-state index in [2.05, 4.69) is 110 Å². The number of aliphatic imine (C=N–C) groups is 1. The summed E-state index contributed by atoms with van der Waals surface area (Å²) in [5.41, 5.74) is 10.7. The molecule has 9 atom stereocenters. The van der Waals surface area contributed by atoms with Crippen molar-refractivity contribution in [1.29, 1.82) is 0 Å². The van der Waals surface area contributed by atoms with Gasteiger partial charge in [-0.25, -0.2) is 9.97 Å². The second-order valence-corrected chi connectivity index (χ2v) is 18.9. The minimum Gasteiger partial charge on any atom is -0.381 e. The second kappa shape index (κ2) is 20.7. The fraction of sp³-hybridized carbons (Fsp3) is 0.667. The summed E-state index contributed by atoms with van der Waals surface area (Å²) in [6.07, 6.45) is 36.8. The molecule has 56 heavy (non-hydrogen) atoms. The van der Waals surface area contributed by atoms with Gasteiger partial charge in [-0.3, -0.25) is 4.99 Å². The van der Waals surface area contributed by atoms with Gasteiger partial charge in [0, 0.05) is 53.9 Å².